The van der Waals surface area contributed by atoms with E-state index in [4.69, 9.17) is 5.73 Å². The molecule has 0 saturated heterocycles. The molecule has 0 unspecified atom stereocenters. The lowest BCUT2D eigenvalue weighted by Crippen LogP contribution is -2.19. The van der Waals surface area contributed by atoms with E-state index in [-0.39, 0.29) is 11.4 Å². The van der Waals surface area contributed by atoms with Gasteiger partial charge in [0, 0.05) is 6.07 Å². The molecule has 1 aliphatic rings. The van der Waals surface area contributed by atoms with Crippen LogP contribution in [0.5, 0.6) is 0 Å². The highest BCUT2D eigenvalue weighted by atomic mass is 16.6. The highest BCUT2D eigenvalue weighted by Crippen LogP contribution is 2.42. The third-order valence-corrected chi connectivity index (χ3v) is 3.45. The molecule has 1 aliphatic carbocycles. The number of anilines is 1. The summed E-state index contributed by atoms with van der Waals surface area (Å²) in [5.74, 6) is 0. The van der Waals surface area contributed by atoms with Gasteiger partial charge in [-0.2, -0.15) is 5.26 Å². The van der Waals surface area contributed by atoms with Crippen LogP contribution in [0.2, 0.25) is 0 Å². The first-order valence-corrected chi connectivity index (χ1v) is 5.55. The van der Waals surface area contributed by atoms with E-state index < -0.39 is 10.3 Å². The van der Waals surface area contributed by atoms with Crippen molar-refractivity contribution in [1.82, 2.24) is 0 Å². The van der Waals surface area contributed by atoms with Gasteiger partial charge in [0.2, 0.25) is 0 Å². The molecule has 0 aliphatic heterocycles. The molecule has 2 rings (SSSR count). The summed E-state index contributed by atoms with van der Waals surface area (Å²) in [6.45, 7) is 0. The third kappa shape index (κ3) is 1.82. The summed E-state index contributed by atoms with van der Waals surface area (Å²) in [7, 11) is 0. The lowest BCUT2D eigenvalue weighted by atomic mass is 9.80. The van der Waals surface area contributed by atoms with Crippen molar-refractivity contribution in [2.75, 3.05) is 5.73 Å². The summed E-state index contributed by atoms with van der Waals surface area (Å²) in [6.07, 6.45) is 3.52. The van der Waals surface area contributed by atoms with Gasteiger partial charge in [-0.05, 0) is 24.5 Å². The Labute approximate surface area is 99.0 Å². The number of nitrogens with two attached hydrogens (primary N) is 1. The lowest BCUT2D eigenvalue weighted by molar-refractivity contribution is -0.384. The highest BCUT2D eigenvalue weighted by Gasteiger charge is 2.36. The number of hydrogen-bond acceptors (Lipinski definition) is 4. The zero-order chi connectivity index (χ0) is 12.5. The van der Waals surface area contributed by atoms with Gasteiger partial charge >= 0.3 is 0 Å². The van der Waals surface area contributed by atoms with E-state index in [0.717, 1.165) is 31.2 Å². The molecule has 0 spiro atoms. The monoisotopic (exact) mass is 231 g/mol. The molecule has 17 heavy (non-hydrogen) atoms. The van der Waals surface area contributed by atoms with Crippen LogP contribution in [0, 0.1) is 21.4 Å². The molecule has 1 saturated carbocycles. The van der Waals surface area contributed by atoms with Crippen LogP contribution in [0.15, 0.2) is 18.2 Å². The summed E-state index contributed by atoms with van der Waals surface area (Å²) >= 11 is 0. The Balaban J connectivity index is 2.50. The van der Waals surface area contributed by atoms with Crippen LogP contribution in [0.25, 0.3) is 0 Å². The zero-order valence-corrected chi connectivity index (χ0v) is 9.35. The summed E-state index contributed by atoms with van der Waals surface area (Å²) in [5, 5.41) is 20.1. The predicted octanol–water partition coefficient (Wildman–Crippen LogP) is 2.51. The van der Waals surface area contributed by atoms with Gasteiger partial charge in [0.1, 0.15) is 5.69 Å². The van der Waals surface area contributed by atoms with Crippen molar-refractivity contribution in [2.45, 2.75) is 31.1 Å². The Kier molecular flexibility index (Phi) is 2.72. The number of nitrogen functional groups attached to an aromatic ring is 1. The molecule has 1 aromatic carbocycles. The number of benzene rings is 1. The second kappa shape index (κ2) is 4.06. The summed E-state index contributed by atoms with van der Waals surface area (Å²) in [5.41, 5.74) is 5.75. The Morgan fingerprint density at radius 1 is 1.41 bits per heavy atom. The number of nitro groups is 1. The fourth-order valence-corrected chi connectivity index (χ4v) is 2.44. The Bertz CT molecular complexity index is 499. The van der Waals surface area contributed by atoms with Gasteiger partial charge in [-0.15, -0.1) is 0 Å². The normalized spacial score (nSPS) is 17.6. The molecule has 0 radical (unpaired) electrons. The molecular weight excluding hydrogens is 218 g/mol. The van der Waals surface area contributed by atoms with Crippen molar-refractivity contribution in [3.63, 3.8) is 0 Å². The van der Waals surface area contributed by atoms with Crippen molar-refractivity contribution >= 4 is 11.4 Å². The van der Waals surface area contributed by atoms with Crippen molar-refractivity contribution in [3.05, 3.63) is 33.9 Å². The first kappa shape index (κ1) is 11.4. The standard InChI is InChI=1S/C12H13N3O2/c13-8-12(5-1-2-6-12)9-3-4-10(14)11(7-9)15(16)17/h3-4,7H,1-2,5-6,14H2. The largest absolute Gasteiger partial charge is 0.393 e. The molecule has 0 amide bonds. The van der Waals surface area contributed by atoms with Crippen molar-refractivity contribution in [3.8, 4) is 6.07 Å². The maximum absolute atomic E-state index is 10.8. The maximum Gasteiger partial charge on any atom is 0.292 e. The zero-order valence-electron chi connectivity index (χ0n) is 9.35. The number of nitro benzene ring substituents is 1. The van der Waals surface area contributed by atoms with Crippen LogP contribution >= 0.6 is 0 Å². The first-order chi connectivity index (χ1) is 8.09. The Morgan fingerprint density at radius 2 is 2.06 bits per heavy atom. The maximum atomic E-state index is 10.8. The molecule has 5 heteroatoms. The molecule has 0 bridgehead atoms. The van der Waals surface area contributed by atoms with Gasteiger partial charge in [-0.3, -0.25) is 10.1 Å². The van der Waals surface area contributed by atoms with Gasteiger partial charge < -0.3 is 5.73 Å². The summed E-state index contributed by atoms with van der Waals surface area (Å²) in [4.78, 5) is 10.3. The minimum absolute atomic E-state index is 0.107. The highest BCUT2D eigenvalue weighted by molar-refractivity contribution is 5.60. The summed E-state index contributed by atoms with van der Waals surface area (Å²) in [6, 6.07) is 7.02. The van der Waals surface area contributed by atoms with E-state index in [1.807, 2.05) is 0 Å². The molecule has 88 valence electrons. The first-order valence-electron chi connectivity index (χ1n) is 5.55. The fraction of sp³-hybridized carbons (Fsp3) is 0.417. The molecule has 1 aromatic rings. The number of nitriles is 1. The van der Waals surface area contributed by atoms with Gasteiger partial charge in [0.05, 0.1) is 16.4 Å². The van der Waals surface area contributed by atoms with E-state index in [1.165, 1.54) is 12.1 Å². The van der Waals surface area contributed by atoms with E-state index in [9.17, 15) is 15.4 Å². The van der Waals surface area contributed by atoms with E-state index >= 15 is 0 Å². The van der Waals surface area contributed by atoms with Gasteiger partial charge in [-0.1, -0.05) is 18.9 Å². The van der Waals surface area contributed by atoms with Crippen LogP contribution in [-0.4, -0.2) is 4.92 Å². The van der Waals surface area contributed by atoms with Crippen molar-refractivity contribution in [2.24, 2.45) is 0 Å². The van der Waals surface area contributed by atoms with Crippen LogP contribution in [0.4, 0.5) is 11.4 Å². The average molecular weight is 231 g/mol. The Morgan fingerprint density at radius 3 is 2.59 bits per heavy atom. The van der Waals surface area contributed by atoms with Crippen molar-refractivity contribution in [1.29, 1.82) is 5.26 Å². The molecule has 0 heterocycles. The second-order valence-corrected chi connectivity index (χ2v) is 4.43. The predicted molar refractivity (Wildman–Crippen MR) is 63.3 cm³/mol. The molecule has 0 aromatic heterocycles. The van der Waals surface area contributed by atoms with Gasteiger partial charge in [0.15, 0.2) is 0 Å². The topological polar surface area (TPSA) is 93.0 Å². The van der Waals surface area contributed by atoms with Gasteiger partial charge in [0.25, 0.3) is 5.69 Å². The lowest BCUT2D eigenvalue weighted by Gasteiger charge is -2.20. The molecule has 1 fully saturated rings. The molecule has 2 N–H and O–H groups in total. The number of nitrogens with zero attached hydrogens (tertiary/aromatic N) is 2. The Hall–Kier alpha value is -2.09. The number of rotatable bonds is 2. The summed E-state index contributed by atoms with van der Waals surface area (Å²) < 4.78 is 0. The second-order valence-electron chi connectivity index (χ2n) is 4.43. The minimum atomic E-state index is -0.557. The van der Waals surface area contributed by atoms with Gasteiger partial charge in [-0.25, -0.2) is 0 Å². The van der Waals surface area contributed by atoms with E-state index in [0.29, 0.717) is 0 Å². The van der Waals surface area contributed by atoms with E-state index in [1.54, 1.807) is 6.07 Å². The average Bonchev–Trinajstić information content (AvgIpc) is 2.79. The van der Waals surface area contributed by atoms with Crippen LogP contribution in [0.1, 0.15) is 31.2 Å². The molecule has 5 nitrogen and oxygen atoms in total. The minimum Gasteiger partial charge on any atom is -0.393 e. The SMILES string of the molecule is N#CC1(c2ccc(N)c([N+](=O)[O-])c2)CCCC1. The molecule has 0 atom stereocenters. The van der Waals surface area contributed by atoms with E-state index in [2.05, 4.69) is 6.07 Å². The third-order valence-electron chi connectivity index (χ3n) is 3.45. The van der Waals surface area contributed by atoms with Crippen LogP contribution < -0.4 is 5.73 Å². The smallest absolute Gasteiger partial charge is 0.292 e. The van der Waals surface area contributed by atoms with Crippen LogP contribution in [0.3, 0.4) is 0 Å². The van der Waals surface area contributed by atoms with Crippen LogP contribution in [-0.2, 0) is 5.41 Å². The number of hydrogen-bond donors (Lipinski definition) is 1. The van der Waals surface area contributed by atoms with Crippen molar-refractivity contribution < 1.29 is 4.92 Å². The quantitative estimate of drug-likeness (QED) is 0.480. The fourth-order valence-electron chi connectivity index (χ4n) is 2.44. The molecular formula is C12H13N3O2.